The summed E-state index contributed by atoms with van der Waals surface area (Å²) in [5.74, 6) is -10.6. The molecule has 2 fully saturated rings. The fourth-order valence-electron chi connectivity index (χ4n) is 13.2. The fraction of sp³-hybridized carbons (Fsp3) is 0.271. The van der Waals surface area contributed by atoms with Gasteiger partial charge in [0.15, 0.2) is 63.6 Å². The number of carbonyl (C=O) groups is 7. The van der Waals surface area contributed by atoms with Gasteiger partial charge in [0.25, 0.3) is 0 Å². The molecule has 7 aromatic rings. The van der Waals surface area contributed by atoms with Crippen molar-refractivity contribution in [2.24, 2.45) is 0 Å². The van der Waals surface area contributed by atoms with Crippen LogP contribution in [0.1, 0.15) is 82.9 Å². The molecule has 11 rings (SSSR count). The topological polar surface area (TPSA) is 346 Å². The van der Waals surface area contributed by atoms with E-state index in [2.05, 4.69) is 9.97 Å². The van der Waals surface area contributed by atoms with Gasteiger partial charge in [-0.25, -0.2) is 9.97 Å². The van der Waals surface area contributed by atoms with Crippen molar-refractivity contribution in [3.05, 3.63) is 168 Å². The fourth-order valence-corrected chi connectivity index (χ4v) is 13.2. The summed E-state index contributed by atoms with van der Waals surface area (Å²) < 4.78 is 18.1. The van der Waals surface area contributed by atoms with Crippen LogP contribution in [0.3, 0.4) is 0 Å². The predicted octanol–water partition coefficient (Wildman–Crippen LogP) is 6.37. The van der Waals surface area contributed by atoms with Crippen molar-refractivity contribution in [3.63, 3.8) is 0 Å². The first-order valence-corrected chi connectivity index (χ1v) is 29.1. The van der Waals surface area contributed by atoms with Crippen molar-refractivity contribution in [2.75, 3.05) is 0 Å². The first-order chi connectivity index (χ1) is 43.2. The summed E-state index contributed by atoms with van der Waals surface area (Å²) >= 11 is 0. The average Bonchev–Trinajstić information content (AvgIpc) is 1.05. The predicted molar refractivity (Wildman–Crippen MR) is 333 cm³/mol. The maximum absolute atomic E-state index is 14.8. The number of aromatic amines is 2. The minimum Gasteiger partial charge on any atom is -0.387 e. The van der Waals surface area contributed by atoms with E-state index in [1.807, 2.05) is 140 Å². The zero-order valence-corrected chi connectivity index (χ0v) is 50.2. The highest BCUT2D eigenvalue weighted by Gasteiger charge is 2.83. The second kappa shape index (κ2) is 23.5. The van der Waals surface area contributed by atoms with Crippen LogP contribution in [0.5, 0.6) is 0 Å². The van der Waals surface area contributed by atoms with Crippen molar-refractivity contribution in [1.29, 1.82) is 0 Å². The Hall–Kier alpha value is -9.23. The maximum Gasteiger partial charge on any atom is 0.212 e. The molecule has 0 aliphatic carbocycles. The lowest BCUT2D eigenvalue weighted by atomic mass is 9.57. The van der Waals surface area contributed by atoms with Crippen LogP contribution >= 0.6 is 0 Å². The number of nitrogens with one attached hydrogen (secondary N) is 2. The number of nitrogens with zero attached hydrogens (tertiary/aromatic N) is 2. The molecule has 91 heavy (non-hydrogen) atoms. The van der Waals surface area contributed by atoms with Gasteiger partial charge in [-0.1, -0.05) is 115 Å². The molecule has 0 amide bonds. The minimum atomic E-state index is -4.13. The Balaban J connectivity index is 1.14. The Labute approximate surface area is 520 Å². The third kappa shape index (κ3) is 9.75. The number of fused-ring (bicyclic) bond motifs is 8. The Bertz CT molecular complexity index is 4350. The van der Waals surface area contributed by atoms with Crippen molar-refractivity contribution in [2.45, 2.75) is 119 Å². The largest absolute Gasteiger partial charge is 0.387 e. The third-order valence-corrected chi connectivity index (χ3v) is 17.9. The Kier molecular flexibility index (Phi) is 16.4. The van der Waals surface area contributed by atoms with Crippen LogP contribution in [0.4, 0.5) is 0 Å². The van der Waals surface area contributed by atoms with E-state index < -0.39 is 111 Å². The van der Waals surface area contributed by atoms with Crippen molar-refractivity contribution in [1.82, 2.24) is 19.9 Å². The highest BCUT2D eigenvalue weighted by molar-refractivity contribution is 6.07. The van der Waals surface area contributed by atoms with Gasteiger partial charge in [-0.3, -0.25) is 33.6 Å². The normalized spacial score (nSPS) is 26.8. The minimum absolute atomic E-state index is 0.240. The van der Waals surface area contributed by atoms with Gasteiger partial charge in [0.05, 0.1) is 22.8 Å². The van der Waals surface area contributed by atoms with Crippen LogP contribution in [0.25, 0.3) is 90.9 Å². The zero-order valence-electron chi connectivity index (χ0n) is 50.2. The monoisotopic (exact) mass is 1230 g/mol. The lowest BCUT2D eigenvalue weighted by Crippen LogP contribution is -2.88. The Morgan fingerprint density at radius 2 is 0.813 bits per heavy atom. The summed E-state index contributed by atoms with van der Waals surface area (Å²) in [6.45, 7) is 4.61. The second-order valence-electron chi connectivity index (χ2n) is 23.3. The van der Waals surface area contributed by atoms with Gasteiger partial charge in [0.1, 0.15) is 36.6 Å². The molecule has 21 nitrogen and oxygen atoms in total. The van der Waals surface area contributed by atoms with Crippen molar-refractivity contribution in [3.8, 4) is 44.5 Å². The van der Waals surface area contributed by atoms with E-state index in [9.17, 15) is 69.3 Å². The molecule has 8 bridgehead atoms. The summed E-state index contributed by atoms with van der Waals surface area (Å²) in [6, 6.07) is 42.9. The van der Waals surface area contributed by atoms with Gasteiger partial charge >= 0.3 is 0 Å². The van der Waals surface area contributed by atoms with E-state index in [-0.39, 0.29) is 5.56 Å². The summed E-state index contributed by atoms with van der Waals surface area (Å²) in [5.41, 5.74) is -8.92. The van der Waals surface area contributed by atoms with Crippen LogP contribution in [0, 0.1) is 0 Å². The number of aliphatic hydroxyl groups is 7. The number of carbonyl (C=O) groups excluding carboxylic acids is 7. The standard InChI is InChI=1S/C70H64N4O17/c1-35(75)59(82)61-62(84)66(85,37(3)77)68(87,39(5)79)65(89-61)91-69(40(6)80)64(60(83)36(2)76)90-63(67(86,38(4)78)70(69,88)41(7)81)46-25-23-45(24-26-46)58-53-33-31-51(73-53)56(43-19-13-9-14-20-43)49-29-27-47(71-49)55(42-17-11-8-12-18-42)48-28-30-50(72-48)57(44-21-15-10-16-22-44)52-32-34-54(58)74-52/h8-34,59-65,71,74,82-88H,1-7H3/t59?,60?,61-,62+,63+,64-,65+,66+,67+,68+,69-,70-/m1/s1. The summed E-state index contributed by atoms with van der Waals surface area (Å²) in [6.07, 6.45) is -11.3. The number of hydrogen-bond acceptors (Lipinski definition) is 19. The summed E-state index contributed by atoms with van der Waals surface area (Å²) in [5, 5.41) is 85.7. The van der Waals surface area contributed by atoms with Gasteiger partial charge in [0.2, 0.25) is 11.2 Å². The third-order valence-electron chi connectivity index (χ3n) is 17.9. The molecule has 4 aliphatic rings. The molecule has 12 atom stereocenters. The zero-order chi connectivity index (χ0) is 65.4. The number of aliphatic hydroxyl groups excluding tert-OH is 3. The van der Waals surface area contributed by atoms with Crippen LogP contribution in [-0.4, -0.2) is 161 Å². The number of rotatable bonds is 16. The van der Waals surface area contributed by atoms with Crippen molar-refractivity contribution < 1.29 is 83.5 Å². The van der Waals surface area contributed by atoms with Gasteiger partial charge in [-0.2, -0.15) is 0 Å². The molecule has 4 aromatic carbocycles. The quantitative estimate of drug-likeness (QED) is 0.0507. The van der Waals surface area contributed by atoms with Crippen LogP contribution < -0.4 is 0 Å². The highest BCUT2D eigenvalue weighted by Crippen LogP contribution is 2.57. The second-order valence-corrected chi connectivity index (χ2v) is 23.3. The number of ketones is 7. The van der Waals surface area contributed by atoms with Gasteiger partial charge in [-0.15, -0.1) is 0 Å². The number of Topliss-reactive ketones (excluding diaryl/α,β-unsaturated/α-hetero) is 7. The molecule has 3 aromatic heterocycles. The number of benzene rings is 4. The SMILES string of the molecule is CC(=O)C(O)[C@H]1O[C@@H](O[C@]2(C(C)=O)[C@@H](C(O)C(C)=O)O[C@@H](c3ccc(-c4c5nc(c(-c6ccccc6)c6ccc([nH]6)c(-c6ccccc6)c6nc(c(-c7ccccc7)c7ccc4[nH]7)C=C6)C=C5)cc3)[C@@](O)(C(C)=O)[C@]2(O)C(C)=O)[C@@](O)(C(C)=O)[C@](O)(C(C)=O)[C@H]1O. The Morgan fingerprint density at radius 3 is 1.14 bits per heavy atom. The molecule has 0 radical (unpaired) electrons. The number of H-pyrrole nitrogens is 2. The first-order valence-electron chi connectivity index (χ1n) is 29.1. The van der Waals surface area contributed by atoms with Crippen molar-refractivity contribution >= 4 is 86.9 Å². The molecule has 2 unspecified atom stereocenters. The van der Waals surface area contributed by atoms with Crippen LogP contribution in [0.2, 0.25) is 0 Å². The van der Waals surface area contributed by atoms with E-state index in [1.165, 1.54) is 12.1 Å². The summed E-state index contributed by atoms with van der Waals surface area (Å²) in [4.78, 5) is 116. The molecule has 9 N–H and O–H groups in total. The first kappa shape index (κ1) is 63.3. The number of aromatic nitrogens is 4. The molecule has 2 saturated heterocycles. The van der Waals surface area contributed by atoms with Gasteiger partial charge < -0.3 is 59.9 Å². The lowest BCUT2D eigenvalue weighted by Gasteiger charge is -2.62. The Morgan fingerprint density at radius 1 is 0.451 bits per heavy atom. The van der Waals surface area contributed by atoms with E-state index in [0.717, 1.165) is 58.3 Å². The van der Waals surface area contributed by atoms with Gasteiger partial charge in [0, 0.05) is 44.3 Å². The smallest absolute Gasteiger partial charge is 0.212 e. The molecular formula is C70H64N4O17. The molecule has 0 spiro atoms. The molecule has 466 valence electrons. The molecular weight excluding hydrogens is 1170 g/mol. The average molecular weight is 1230 g/mol. The number of hydrogen-bond donors (Lipinski definition) is 9. The summed E-state index contributed by atoms with van der Waals surface area (Å²) in [7, 11) is 0. The lowest BCUT2D eigenvalue weighted by molar-refractivity contribution is -0.409. The highest BCUT2D eigenvalue weighted by atomic mass is 16.7. The van der Waals surface area contributed by atoms with Crippen LogP contribution in [-0.2, 0) is 47.8 Å². The molecule has 7 heterocycles. The molecule has 21 heteroatoms. The maximum atomic E-state index is 14.8. The van der Waals surface area contributed by atoms with Gasteiger partial charge in [-0.05, 0) is 125 Å². The molecule has 4 aliphatic heterocycles. The van der Waals surface area contributed by atoms with E-state index >= 15 is 0 Å². The van der Waals surface area contributed by atoms with E-state index in [4.69, 9.17) is 24.2 Å². The van der Waals surface area contributed by atoms with Crippen LogP contribution in [0.15, 0.2) is 140 Å². The van der Waals surface area contributed by atoms with E-state index in [0.29, 0.717) is 79.6 Å². The van der Waals surface area contributed by atoms with E-state index in [1.54, 1.807) is 12.1 Å². The number of ether oxygens (including phenoxy) is 3. The molecule has 0 saturated carbocycles.